The lowest BCUT2D eigenvalue weighted by Crippen LogP contribution is -2.53. The quantitative estimate of drug-likeness (QED) is 0.236. The average molecular weight is 665 g/mol. The molecule has 44 heavy (non-hydrogen) atoms. The molecule has 0 saturated heterocycles. The molecule has 1 aliphatic rings. The van der Waals surface area contributed by atoms with Gasteiger partial charge >= 0.3 is 0 Å². The summed E-state index contributed by atoms with van der Waals surface area (Å²) in [6.07, 6.45) is 4.86. The number of rotatable bonds is 12. The minimum absolute atomic E-state index is 0.00831. The second kappa shape index (κ2) is 15.1. The Labute approximate surface area is 268 Å². The number of ether oxygens (including phenoxy) is 1. The zero-order chi connectivity index (χ0) is 31.9. The van der Waals surface area contributed by atoms with Gasteiger partial charge < -0.3 is 15.0 Å². The van der Waals surface area contributed by atoms with Crippen molar-refractivity contribution >= 4 is 50.7 Å². The molecule has 0 heterocycles. The minimum Gasteiger partial charge on any atom is -0.494 e. The number of nitrogens with one attached hydrogen (secondary N) is 1. The van der Waals surface area contributed by atoms with E-state index in [0.29, 0.717) is 28.0 Å². The lowest BCUT2D eigenvalue weighted by Gasteiger charge is -2.33. The number of amides is 2. The molecule has 0 radical (unpaired) electrons. The van der Waals surface area contributed by atoms with Gasteiger partial charge in [0.25, 0.3) is 10.0 Å². The first-order valence-electron chi connectivity index (χ1n) is 14.5. The van der Waals surface area contributed by atoms with Crippen LogP contribution in [0.1, 0.15) is 51.5 Å². The van der Waals surface area contributed by atoms with Crippen molar-refractivity contribution in [2.75, 3.05) is 17.5 Å². The molecule has 0 bridgehead atoms. The van der Waals surface area contributed by atoms with E-state index < -0.39 is 34.3 Å². The Morgan fingerprint density at radius 1 is 1.00 bits per heavy atom. The maximum absolute atomic E-state index is 14.1. The second-order valence-electron chi connectivity index (χ2n) is 10.7. The predicted octanol–water partition coefficient (Wildman–Crippen LogP) is 6.59. The Bertz CT molecular complexity index is 1550. The molecule has 1 saturated carbocycles. The number of halogens is 3. The zero-order valence-electron chi connectivity index (χ0n) is 24.6. The molecule has 0 aromatic heterocycles. The average Bonchev–Trinajstić information content (AvgIpc) is 3.00. The Morgan fingerprint density at radius 2 is 1.66 bits per heavy atom. The maximum atomic E-state index is 14.1. The molecule has 3 aromatic carbocycles. The second-order valence-corrected chi connectivity index (χ2v) is 13.4. The van der Waals surface area contributed by atoms with Crippen LogP contribution in [0.5, 0.6) is 5.75 Å². The van der Waals surface area contributed by atoms with Crippen LogP contribution >= 0.6 is 23.2 Å². The molecule has 1 aliphatic carbocycles. The van der Waals surface area contributed by atoms with Gasteiger partial charge in [0.15, 0.2) is 0 Å². The van der Waals surface area contributed by atoms with Crippen LogP contribution < -0.4 is 14.4 Å². The topological polar surface area (TPSA) is 96.0 Å². The van der Waals surface area contributed by atoms with Crippen LogP contribution in [0.15, 0.2) is 71.6 Å². The fraction of sp³-hybridized carbons (Fsp3) is 0.375. The van der Waals surface area contributed by atoms with E-state index in [1.165, 1.54) is 17.0 Å². The molecule has 1 atom stereocenters. The molecule has 12 heteroatoms. The summed E-state index contributed by atoms with van der Waals surface area (Å²) < 4.78 is 48.0. The van der Waals surface area contributed by atoms with E-state index >= 15 is 0 Å². The van der Waals surface area contributed by atoms with Crippen LogP contribution in [-0.4, -0.2) is 50.4 Å². The van der Waals surface area contributed by atoms with E-state index in [1.54, 1.807) is 37.3 Å². The molecule has 1 N–H and O–H groups in total. The molecule has 2 amide bonds. The molecule has 0 spiro atoms. The van der Waals surface area contributed by atoms with Crippen molar-refractivity contribution in [1.82, 2.24) is 10.2 Å². The number of anilines is 1. The van der Waals surface area contributed by atoms with E-state index in [0.717, 1.165) is 60.7 Å². The third-order valence-electron chi connectivity index (χ3n) is 7.59. The number of hydrogen-bond acceptors (Lipinski definition) is 5. The van der Waals surface area contributed by atoms with Crippen molar-refractivity contribution in [1.29, 1.82) is 0 Å². The van der Waals surface area contributed by atoms with E-state index in [-0.39, 0.29) is 29.1 Å². The molecular weight excluding hydrogens is 628 g/mol. The summed E-state index contributed by atoms with van der Waals surface area (Å²) in [4.78, 5) is 28.7. The molecule has 236 valence electrons. The van der Waals surface area contributed by atoms with Crippen molar-refractivity contribution in [3.63, 3.8) is 0 Å². The molecular formula is C32H36Cl2FN3O5S. The summed E-state index contributed by atoms with van der Waals surface area (Å²) in [5.74, 6) is -1.06. The number of sulfonamides is 1. The molecule has 8 nitrogen and oxygen atoms in total. The summed E-state index contributed by atoms with van der Waals surface area (Å²) in [5, 5.41) is 3.77. The smallest absolute Gasteiger partial charge is 0.264 e. The molecule has 0 unspecified atom stereocenters. The van der Waals surface area contributed by atoms with Gasteiger partial charge in [-0.1, -0.05) is 48.5 Å². The highest BCUT2D eigenvalue weighted by Gasteiger charge is 2.33. The van der Waals surface area contributed by atoms with Gasteiger partial charge in [0.1, 0.15) is 24.2 Å². The molecule has 0 aliphatic heterocycles. The van der Waals surface area contributed by atoms with Crippen molar-refractivity contribution < 1.29 is 27.1 Å². The summed E-state index contributed by atoms with van der Waals surface area (Å²) in [5.41, 5.74) is 0.727. The van der Waals surface area contributed by atoms with Crippen LogP contribution in [-0.2, 0) is 26.2 Å². The lowest BCUT2D eigenvalue weighted by atomic mass is 9.95. The van der Waals surface area contributed by atoms with E-state index in [2.05, 4.69) is 5.32 Å². The van der Waals surface area contributed by atoms with Crippen molar-refractivity contribution in [2.45, 2.75) is 69.5 Å². The first-order valence-corrected chi connectivity index (χ1v) is 16.7. The Balaban J connectivity index is 1.70. The number of hydrogen-bond donors (Lipinski definition) is 1. The highest BCUT2D eigenvalue weighted by atomic mass is 35.5. The lowest BCUT2D eigenvalue weighted by molar-refractivity contribution is -0.139. The highest BCUT2D eigenvalue weighted by molar-refractivity contribution is 7.92. The van der Waals surface area contributed by atoms with Crippen LogP contribution in [0.4, 0.5) is 10.1 Å². The number of benzene rings is 3. The van der Waals surface area contributed by atoms with Gasteiger partial charge in [-0.3, -0.25) is 13.9 Å². The standard InChI is InChI=1S/C32H36Cl2FN3O5S/c1-3-43-28-15-13-27(14-16-28)38(44(41,42)29-17-11-25(35)12-18-29)21-31(39)37(20-23-9-10-24(33)19-30(23)34)22(2)32(40)36-26-7-5-4-6-8-26/h9-19,22,26H,3-8,20-21H2,1-2H3,(H,36,40)/t22-/m1/s1. The van der Waals surface area contributed by atoms with Crippen LogP contribution in [0.2, 0.25) is 10.0 Å². The van der Waals surface area contributed by atoms with Crippen LogP contribution in [0.25, 0.3) is 0 Å². The Hall–Kier alpha value is -3.34. The van der Waals surface area contributed by atoms with Gasteiger partial charge in [-0.2, -0.15) is 0 Å². The van der Waals surface area contributed by atoms with Gasteiger partial charge in [0, 0.05) is 22.6 Å². The monoisotopic (exact) mass is 663 g/mol. The first kappa shape index (κ1) is 33.6. The number of carbonyl (C=O) groups is 2. The van der Waals surface area contributed by atoms with Gasteiger partial charge in [-0.05, 0) is 92.9 Å². The number of carbonyl (C=O) groups excluding carboxylic acids is 2. The third kappa shape index (κ3) is 8.43. The summed E-state index contributed by atoms with van der Waals surface area (Å²) in [6.45, 7) is 3.14. The van der Waals surface area contributed by atoms with Gasteiger partial charge in [-0.25, -0.2) is 12.8 Å². The summed E-state index contributed by atoms with van der Waals surface area (Å²) in [7, 11) is -4.35. The molecule has 4 rings (SSSR count). The van der Waals surface area contributed by atoms with Gasteiger partial charge in [0.05, 0.1) is 17.2 Å². The third-order valence-corrected chi connectivity index (χ3v) is 9.97. The van der Waals surface area contributed by atoms with E-state index in [4.69, 9.17) is 27.9 Å². The molecule has 3 aromatic rings. The first-order chi connectivity index (χ1) is 21.0. The zero-order valence-corrected chi connectivity index (χ0v) is 27.0. The number of nitrogens with zero attached hydrogens (tertiary/aromatic N) is 2. The van der Waals surface area contributed by atoms with Gasteiger partial charge in [-0.15, -0.1) is 0 Å². The van der Waals surface area contributed by atoms with Crippen molar-refractivity contribution in [3.8, 4) is 5.75 Å². The SMILES string of the molecule is CCOc1ccc(N(CC(=O)N(Cc2ccc(Cl)cc2Cl)[C@H](C)C(=O)NC2CCCCC2)S(=O)(=O)c2ccc(F)cc2)cc1. The molecule has 1 fully saturated rings. The van der Waals surface area contributed by atoms with Gasteiger partial charge in [0.2, 0.25) is 11.8 Å². The minimum atomic E-state index is -4.35. The fourth-order valence-electron chi connectivity index (χ4n) is 5.12. The van der Waals surface area contributed by atoms with E-state index in [9.17, 15) is 22.4 Å². The predicted molar refractivity (Wildman–Crippen MR) is 170 cm³/mol. The summed E-state index contributed by atoms with van der Waals surface area (Å²) in [6, 6.07) is 14.5. The maximum Gasteiger partial charge on any atom is 0.264 e. The van der Waals surface area contributed by atoms with Crippen molar-refractivity contribution in [2.24, 2.45) is 0 Å². The fourth-order valence-corrected chi connectivity index (χ4v) is 7.01. The highest BCUT2D eigenvalue weighted by Crippen LogP contribution is 2.28. The Morgan fingerprint density at radius 3 is 2.27 bits per heavy atom. The van der Waals surface area contributed by atoms with Crippen LogP contribution in [0, 0.1) is 5.82 Å². The van der Waals surface area contributed by atoms with Crippen molar-refractivity contribution in [3.05, 3.63) is 88.2 Å². The Kier molecular flexibility index (Phi) is 11.5. The largest absolute Gasteiger partial charge is 0.494 e. The normalized spacial score (nSPS) is 14.5. The van der Waals surface area contributed by atoms with E-state index in [1.807, 2.05) is 6.92 Å². The summed E-state index contributed by atoms with van der Waals surface area (Å²) >= 11 is 12.5. The van der Waals surface area contributed by atoms with Crippen LogP contribution in [0.3, 0.4) is 0 Å².